The Morgan fingerprint density at radius 2 is 0.759 bits per heavy atom. The standard InChI is InChI=1S/C48H94N2O6.2HI/c1-7-9-11-13-15-17-19-21-23-25-27-29-31-33-35-37-47(53)55-45(43-49(3,4)5)46(44-50(6,39-41-51)40-42-52)56-48(54)38-36-34-32-30-28-26-24-22-20-18-16-14-12-10-8-2;;/h21-24,45-46,51-52H,7-20,25-44H2,1-6H3;2*1H/q+2;;/p-2/b23-21-,24-22-;;. The number of aliphatic hydroxyl groups is 2. The molecule has 0 heterocycles. The molecule has 2 N–H and O–H groups in total. The molecule has 346 valence electrons. The number of hydrogen-bond acceptors (Lipinski definition) is 6. The molecule has 0 aliphatic carbocycles. The molecule has 0 aliphatic heterocycles. The average molecular weight is 1050 g/mol. The highest BCUT2D eigenvalue weighted by molar-refractivity contribution is 5.70. The van der Waals surface area contributed by atoms with Gasteiger partial charge in [-0.1, -0.05) is 141 Å². The van der Waals surface area contributed by atoms with E-state index in [1.54, 1.807) is 0 Å². The Hall–Kier alpha value is -0.280. The van der Waals surface area contributed by atoms with Crippen molar-refractivity contribution in [2.45, 2.75) is 206 Å². The van der Waals surface area contributed by atoms with Crippen LogP contribution in [0, 0.1) is 0 Å². The zero-order chi connectivity index (χ0) is 41.6. The predicted octanol–water partition coefficient (Wildman–Crippen LogP) is 5.03. The lowest BCUT2D eigenvalue weighted by molar-refractivity contribution is -0.914. The summed E-state index contributed by atoms with van der Waals surface area (Å²) in [5.41, 5.74) is 0. The molecule has 0 aromatic rings. The third kappa shape index (κ3) is 41.1. The Bertz CT molecular complexity index is 968. The maximum atomic E-state index is 13.3. The number of likely N-dealkylation sites (N-methyl/N-ethyl adjacent to an activating group) is 2. The number of carbonyl (C=O) groups is 2. The van der Waals surface area contributed by atoms with E-state index in [0.717, 1.165) is 57.8 Å². The largest absolute Gasteiger partial charge is 1.00 e. The summed E-state index contributed by atoms with van der Waals surface area (Å²) >= 11 is 0. The van der Waals surface area contributed by atoms with Gasteiger partial charge in [-0.3, -0.25) is 9.59 Å². The summed E-state index contributed by atoms with van der Waals surface area (Å²) in [7, 11) is 8.09. The summed E-state index contributed by atoms with van der Waals surface area (Å²) in [5, 5.41) is 19.7. The Morgan fingerprint density at radius 1 is 0.466 bits per heavy atom. The molecule has 10 heteroatoms. The number of allylic oxidation sites excluding steroid dienone is 4. The molecule has 0 aromatic heterocycles. The highest BCUT2D eigenvalue weighted by Crippen LogP contribution is 2.19. The van der Waals surface area contributed by atoms with Crippen molar-refractivity contribution in [1.29, 1.82) is 0 Å². The van der Waals surface area contributed by atoms with Crippen molar-refractivity contribution < 1.29 is 86.2 Å². The SMILES string of the molecule is CCCCCCCC/C=C\CCCCCCCC(=O)OC(C[N+](C)(C)C)C(C[N+](C)(CCO)CCO)OC(=O)CCCCCCC/C=C\CCCCCCCC.[I-].[I-]. The number of rotatable bonds is 41. The molecule has 0 aliphatic rings. The first-order valence-electron chi connectivity index (χ1n) is 23.5. The summed E-state index contributed by atoms with van der Waals surface area (Å²) < 4.78 is 13.2. The summed E-state index contributed by atoms with van der Waals surface area (Å²) in [6.45, 7) is 6.06. The molecule has 0 saturated heterocycles. The van der Waals surface area contributed by atoms with Crippen LogP contribution in [0.1, 0.15) is 194 Å². The zero-order valence-electron chi connectivity index (χ0n) is 38.7. The van der Waals surface area contributed by atoms with Crippen molar-refractivity contribution in [2.24, 2.45) is 0 Å². The number of unbranched alkanes of at least 4 members (excludes halogenated alkanes) is 22. The second-order valence-electron chi connectivity index (χ2n) is 17.9. The molecule has 58 heavy (non-hydrogen) atoms. The van der Waals surface area contributed by atoms with E-state index in [1.165, 1.54) is 109 Å². The molecule has 2 unspecified atom stereocenters. The van der Waals surface area contributed by atoms with Crippen LogP contribution in [0.25, 0.3) is 0 Å². The van der Waals surface area contributed by atoms with Gasteiger partial charge in [0.2, 0.25) is 0 Å². The fraction of sp³-hybridized carbons (Fsp3) is 0.875. The van der Waals surface area contributed by atoms with Crippen LogP contribution in [-0.4, -0.2) is 111 Å². The van der Waals surface area contributed by atoms with Crippen molar-refractivity contribution in [1.82, 2.24) is 0 Å². The number of hydrogen-bond donors (Lipinski definition) is 2. The van der Waals surface area contributed by atoms with E-state index in [4.69, 9.17) is 9.47 Å². The number of aliphatic hydroxyl groups excluding tert-OH is 2. The van der Waals surface area contributed by atoms with E-state index < -0.39 is 12.2 Å². The van der Waals surface area contributed by atoms with Gasteiger partial charge in [0.1, 0.15) is 26.2 Å². The molecule has 0 saturated carbocycles. The summed E-state index contributed by atoms with van der Waals surface area (Å²) in [6.07, 6.45) is 39.9. The molecule has 2 atom stereocenters. The van der Waals surface area contributed by atoms with Gasteiger partial charge in [-0.25, -0.2) is 0 Å². The van der Waals surface area contributed by atoms with E-state index in [2.05, 4.69) is 38.2 Å². The first kappa shape index (κ1) is 62.0. The predicted molar refractivity (Wildman–Crippen MR) is 237 cm³/mol. The Labute approximate surface area is 393 Å². The van der Waals surface area contributed by atoms with E-state index in [1.807, 2.05) is 28.2 Å². The van der Waals surface area contributed by atoms with Gasteiger partial charge in [-0.15, -0.1) is 0 Å². The van der Waals surface area contributed by atoms with E-state index in [9.17, 15) is 19.8 Å². The lowest BCUT2D eigenvalue weighted by atomic mass is 10.1. The van der Waals surface area contributed by atoms with Crippen LogP contribution in [0.5, 0.6) is 0 Å². The lowest BCUT2D eigenvalue weighted by Crippen LogP contribution is -3.00. The molecule has 0 bridgehead atoms. The minimum Gasteiger partial charge on any atom is -1.00 e. The van der Waals surface area contributed by atoms with Crippen molar-refractivity contribution in [3.8, 4) is 0 Å². The average Bonchev–Trinajstić information content (AvgIpc) is 3.14. The third-order valence-electron chi connectivity index (χ3n) is 10.9. The molecule has 8 nitrogen and oxygen atoms in total. The molecular weight excluding hydrogens is 954 g/mol. The summed E-state index contributed by atoms with van der Waals surface area (Å²) in [4.78, 5) is 26.5. The van der Waals surface area contributed by atoms with Crippen LogP contribution in [0.2, 0.25) is 0 Å². The van der Waals surface area contributed by atoms with Gasteiger partial charge in [-0.2, -0.15) is 0 Å². The number of ether oxygens (including phenoxy) is 2. The van der Waals surface area contributed by atoms with Crippen LogP contribution in [0.4, 0.5) is 0 Å². The topological polar surface area (TPSA) is 93.1 Å². The number of nitrogens with zero attached hydrogens (tertiary/aromatic N) is 2. The van der Waals surface area contributed by atoms with Gasteiger partial charge in [0.25, 0.3) is 0 Å². The highest BCUT2D eigenvalue weighted by atomic mass is 127. The summed E-state index contributed by atoms with van der Waals surface area (Å²) in [6, 6.07) is 0. The molecule has 0 rings (SSSR count). The fourth-order valence-corrected chi connectivity index (χ4v) is 7.35. The second kappa shape index (κ2) is 43.4. The van der Waals surface area contributed by atoms with Crippen LogP contribution in [0.3, 0.4) is 0 Å². The normalized spacial score (nSPS) is 13.0. The molecule has 0 aromatic carbocycles. The molecular formula is C48H94I2N2O6. The van der Waals surface area contributed by atoms with Gasteiger partial charge in [-0.05, 0) is 64.2 Å². The fourth-order valence-electron chi connectivity index (χ4n) is 7.35. The minimum absolute atomic E-state index is 0. The van der Waals surface area contributed by atoms with Crippen LogP contribution in [-0.2, 0) is 19.1 Å². The molecule has 0 fully saturated rings. The van der Waals surface area contributed by atoms with Crippen LogP contribution in [0.15, 0.2) is 24.3 Å². The second-order valence-corrected chi connectivity index (χ2v) is 17.9. The van der Waals surface area contributed by atoms with Gasteiger partial charge in [0, 0.05) is 12.8 Å². The van der Waals surface area contributed by atoms with Gasteiger partial charge in [0.05, 0.1) is 41.4 Å². The Kier molecular flexibility index (Phi) is 46.4. The minimum atomic E-state index is -0.677. The quantitative estimate of drug-likeness (QED) is 0.0294. The first-order valence-corrected chi connectivity index (χ1v) is 23.5. The molecule has 0 spiro atoms. The number of quaternary nitrogens is 2. The maximum absolute atomic E-state index is 13.3. The Morgan fingerprint density at radius 3 is 1.07 bits per heavy atom. The lowest BCUT2D eigenvalue weighted by Gasteiger charge is -2.39. The van der Waals surface area contributed by atoms with Gasteiger partial charge >= 0.3 is 11.9 Å². The summed E-state index contributed by atoms with van der Waals surface area (Å²) in [5.74, 6) is -0.523. The van der Waals surface area contributed by atoms with Gasteiger partial charge < -0.3 is 76.6 Å². The third-order valence-corrected chi connectivity index (χ3v) is 10.9. The van der Waals surface area contributed by atoms with Crippen molar-refractivity contribution in [3.63, 3.8) is 0 Å². The monoisotopic (exact) mass is 1050 g/mol. The van der Waals surface area contributed by atoms with Crippen LogP contribution >= 0.6 is 0 Å². The van der Waals surface area contributed by atoms with E-state index in [-0.39, 0.29) is 73.1 Å². The van der Waals surface area contributed by atoms with Gasteiger partial charge in [0.15, 0.2) is 12.2 Å². The number of carbonyl (C=O) groups excluding carboxylic acids is 2. The number of esters is 2. The Balaban J connectivity index is -0.0000151. The first-order chi connectivity index (χ1) is 27.0. The van der Waals surface area contributed by atoms with Crippen molar-refractivity contribution in [2.75, 3.05) is 67.6 Å². The van der Waals surface area contributed by atoms with Crippen molar-refractivity contribution >= 4 is 11.9 Å². The van der Waals surface area contributed by atoms with Crippen molar-refractivity contribution in [3.05, 3.63) is 24.3 Å². The highest BCUT2D eigenvalue weighted by Gasteiger charge is 2.39. The molecule has 0 amide bonds. The zero-order valence-corrected chi connectivity index (χ0v) is 43.0. The molecule has 0 radical (unpaired) electrons. The van der Waals surface area contributed by atoms with E-state index >= 15 is 0 Å². The van der Waals surface area contributed by atoms with Crippen LogP contribution < -0.4 is 48.0 Å². The maximum Gasteiger partial charge on any atom is 0.306 e. The smallest absolute Gasteiger partial charge is 0.306 e. The number of halogens is 2. The van der Waals surface area contributed by atoms with E-state index in [0.29, 0.717) is 48.0 Å².